The number of rotatable bonds is 5. The number of aliphatic hydroxyl groups excluding tert-OH is 1. The zero-order valence-electron chi connectivity index (χ0n) is 11.3. The van der Waals surface area contributed by atoms with Crippen molar-refractivity contribution in [3.05, 3.63) is 35.4 Å². The van der Waals surface area contributed by atoms with E-state index < -0.39 is 11.5 Å². The Morgan fingerprint density at radius 1 is 1.32 bits per heavy atom. The predicted molar refractivity (Wildman–Crippen MR) is 72.7 cm³/mol. The summed E-state index contributed by atoms with van der Waals surface area (Å²) in [7, 11) is 0. The van der Waals surface area contributed by atoms with Crippen LogP contribution in [-0.2, 0) is 17.9 Å². The van der Waals surface area contributed by atoms with E-state index in [1.54, 1.807) is 0 Å². The Morgan fingerprint density at radius 2 is 1.95 bits per heavy atom. The van der Waals surface area contributed by atoms with Crippen molar-refractivity contribution in [3.8, 4) is 0 Å². The number of carboxylic acids is 1. The topological polar surface area (TPSA) is 60.8 Å². The maximum absolute atomic E-state index is 11.6. The first kappa shape index (κ1) is 14.0. The molecule has 0 amide bonds. The number of benzene rings is 1. The molecule has 1 heterocycles. The molecule has 0 bridgehead atoms. The van der Waals surface area contributed by atoms with E-state index in [9.17, 15) is 9.90 Å². The van der Waals surface area contributed by atoms with Gasteiger partial charge in [0.05, 0.1) is 6.61 Å². The van der Waals surface area contributed by atoms with Gasteiger partial charge in [-0.25, -0.2) is 0 Å². The highest BCUT2D eigenvalue weighted by Gasteiger charge is 2.45. The van der Waals surface area contributed by atoms with Gasteiger partial charge in [-0.15, -0.1) is 0 Å². The van der Waals surface area contributed by atoms with Gasteiger partial charge in [0.25, 0.3) is 0 Å². The normalized spacial score (nSPS) is 23.7. The number of aliphatic hydroxyl groups is 1. The van der Waals surface area contributed by atoms with Gasteiger partial charge < -0.3 is 10.2 Å². The fourth-order valence-corrected chi connectivity index (χ4v) is 2.93. The lowest BCUT2D eigenvalue weighted by atomic mass is 9.92. The summed E-state index contributed by atoms with van der Waals surface area (Å²) in [5, 5.41) is 18.5. The molecule has 0 radical (unpaired) electrons. The second-order valence-corrected chi connectivity index (χ2v) is 5.19. The summed E-state index contributed by atoms with van der Waals surface area (Å²) in [5.74, 6) is -0.709. The van der Waals surface area contributed by atoms with Crippen molar-refractivity contribution in [1.82, 2.24) is 4.90 Å². The first-order valence-electron chi connectivity index (χ1n) is 6.79. The first-order chi connectivity index (χ1) is 9.12. The maximum Gasteiger partial charge on any atom is 0.324 e. The molecule has 1 unspecified atom stereocenters. The molecule has 2 N–H and O–H groups in total. The van der Waals surface area contributed by atoms with Crippen molar-refractivity contribution in [2.24, 2.45) is 0 Å². The van der Waals surface area contributed by atoms with Gasteiger partial charge in [0.2, 0.25) is 0 Å². The number of carboxylic acid groups (broad SMARTS) is 1. The Kier molecular flexibility index (Phi) is 4.22. The largest absolute Gasteiger partial charge is 0.480 e. The van der Waals surface area contributed by atoms with E-state index in [-0.39, 0.29) is 6.61 Å². The van der Waals surface area contributed by atoms with Crippen LogP contribution in [0.4, 0.5) is 0 Å². The molecule has 4 nitrogen and oxygen atoms in total. The molecule has 1 aromatic rings. The maximum atomic E-state index is 11.6. The summed E-state index contributed by atoms with van der Waals surface area (Å²) >= 11 is 0. The van der Waals surface area contributed by atoms with Gasteiger partial charge in [0, 0.05) is 6.54 Å². The molecule has 0 aliphatic carbocycles. The van der Waals surface area contributed by atoms with Gasteiger partial charge >= 0.3 is 5.97 Å². The van der Waals surface area contributed by atoms with E-state index in [4.69, 9.17) is 5.11 Å². The van der Waals surface area contributed by atoms with Crippen LogP contribution in [0.25, 0.3) is 0 Å². The molecular weight excluding hydrogens is 242 g/mol. The SMILES string of the molecule is CCC1(C(=O)O)CCCN1Cc1ccc(CO)cc1. The number of aliphatic carboxylic acids is 1. The Morgan fingerprint density at radius 3 is 2.47 bits per heavy atom. The van der Waals surface area contributed by atoms with Crippen LogP contribution in [0.2, 0.25) is 0 Å². The average Bonchev–Trinajstić information content (AvgIpc) is 2.83. The van der Waals surface area contributed by atoms with Crippen molar-refractivity contribution in [2.75, 3.05) is 6.54 Å². The fraction of sp³-hybridized carbons (Fsp3) is 0.533. The van der Waals surface area contributed by atoms with Crippen molar-refractivity contribution < 1.29 is 15.0 Å². The van der Waals surface area contributed by atoms with E-state index in [1.807, 2.05) is 31.2 Å². The molecule has 0 spiro atoms. The Bertz CT molecular complexity index is 443. The number of hydrogen-bond donors (Lipinski definition) is 2. The van der Waals surface area contributed by atoms with E-state index >= 15 is 0 Å². The molecule has 104 valence electrons. The lowest BCUT2D eigenvalue weighted by Crippen LogP contribution is -2.49. The van der Waals surface area contributed by atoms with Gasteiger partial charge in [-0.2, -0.15) is 0 Å². The smallest absolute Gasteiger partial charge is 0.324 e. The minimum atomic E-state index is -0.709. The standard InChI is InChI=1S/C15H21NO3/c1-2-15(14(18)19)8-3-9-16(15)10-12-4-6-13(11-17)7-5-12/h4-7,17H,2-3,8-11H2,1H3,(H,18,19). The Labute approximate surface area is 113 Å². The number of carbonyl (C=O) groups is 1. The minimum Gasteiger partial charge on any atom is -0.480 e. The molecule has 1 saturated heterocycles. The van der Waals surface area contributed by atoms with Gasteiger partial charge in [-0.1, -0.05) is 31.2 Å². The Hall–Kier alpha value is -1.39. The highest BCUT2D eigenvalue weighted by molar-refractivity contribution is 5.79. The quantitative estimate of drug-likeness (QED) is 0.853. The van der Waals surface area contributed by atoms with E-state index in [0.29, 0.717) is 13.0 Å². The zero-order valence-corrected chi connectivity index (χ0v) is 11.3. The third-order valence-corrected chi connectivity index (χ3v) is 4.19. The predicted octanol–water partition coefficient (Wildman–Crippen LogP) is 2.01. The van der Waals surface area contributed by atoms with Crippen LogP contribution in [0.1, 0.15) is 37.3 Å². The molecule has 1 aromatic carbocycles. The third kappa shape index (κ3) is 2.65. The molecule has 2 rings (SSSR count). The van der Waals surface area contributed by atoms with Gasteiger partial charge in [0.1, 0.15) is 5.54 Å². The zero-order chi connectivity index (χ0) is 13.9. The van der Waals surface area contributed by atoms with Crippen LogP contribution in [0, 0.1) is 0 Å². The highest BCUT2D eigenvalue weighted by Crippen LogP contribution is 2.34. The van der Waals surface area contributed by atoms with Gasteiger partial charge in [-0.05, 0) is 36.9 Å². The fourth-order valence-electron chi connectivity index (χ4n) is 2.93. The van der Waals surface area contributed by atoms with Crippen molar-refractivity contribution in [2.45, 2.75) is 44.9 Å². The second-order valence-electron chi connectivity index (χ2n) is 5.19. The first-order valence-corrected chi connectivity index (χ1v) is 6.79. The monoisotopic (exact) mass is 263 g/mol. The Balaban J connectivity index is 2.14. The van der Waals surface area contributed by atoms with E-state index in [1.165, 1.54) is 0 Å². The highest BCUT2D eigenvalue weighted by atomic mass is 16.4. The van der Waals surface area contributed by atoms with Crippen LogP contribution in [0.15, 0.2) is 24.3 Å². The molecular formula is C15H21NO3. The summed E-state index contributed by atoms with van der Waals surface area (Å²) in [5.41, 5.74) is 1.28. The lowest BCUT2D eigenvalue weighted by Gasteiger charge is -2.33. The molecule has 0 saturated carbocycles. The van der Waals surface area contributed by atoms with Crippen LogP contribution in [0.5, 0.6) is 0 Å². The van der Waals surface area contributed by atoms with E-state index in [0.717, 1.165) is 30.5 Å². The van der Waals surface area contributed by atoms with Crippen LogP contribution in [-0.4, -0.2) is 33.2 Å². The van der Waals surface area contributed by atoms with Crippen LogP contribution < -0.4 is 0 Å². The molecule has 4 heteroatoms. The minimum absolute atomic E-state index is 0.0397. The molecule has 1 fully saturated rings. The molecule has 1 aliphatic heterocycles. The number of nitrogens with zero attached hydrogens (tertiary/aromatic N) is 1. The van der Waals surface area contributed by atoms with Crippen molar-refractivity contribution in [3.63, 3.8) is 0 Å². The summed E-state index contributed by atoms with van der Waals surface area (Å²) in [6.45, 7) is 3.48. The van der Waals surface area contributed by atoms with E-state index in [2.05, 4.69) is 4.90 Å². The number of hydrogen-bond acceptors (Lipinski definition) is 3. The third-order valence-electron chi connectivity index (χ3n) is 4.19. The second kappa shape index (κ2) is 5.72. The van der Waals surface area contributed by atoms with Crippen LogP contribution >= 0.6 is 0 Å². The summed E-state index contributed by atoms with van der Waals surface area (Å²) in [6, 6.07) is 7.71. The summed E-state index contributed by atoms with van der Waals surface area (Å²) in [4.78, 5) is 13.7. The molecule has 1 atom stereocenters. The molecule has 19 heavy (non-hydrogen) atoms. The molecule has 1 aliphatic rings. The summed E-state index contributed by atoms with van der Waals surface area (Å²) in [6.07, 6.45) is 2.31. The van der Waals surface area contributed by atoms with Crippen molar-refractivity contribution >= 4 is 5.97 Å². The summed E-state index contributed by atoms with van der Waals surface area (Å²) < 4.78 is 0. The average molecular weight is 263 g/mol. The number of likely N-dealkylation sites (tertiary alicyclic amines) is 1. The molecule has 0 aromatic heterocycles. The van der Waals surface area contributed by atoms with Crippen molar-refractivity contribution in [1.29, 1.82) is 0 Å². The van der Waals surface area contributed by atoms with Gasteiger partial charge in [0.15, 0.2) is 0 Å². The van der Waals surface area contributed by atoms with Crippen LogP contribution in [0.3, 0.4) is 0 Å². The lowest BCUT2D eigenvalue weighted by molar-refractivity contribution is -0.150. The van der Waals surface area contributed by atoms with Gasteiger partial charge in [-0.3, -0.25) is 9.69 Å².